The summed E-state index contributed by atoms with van der Waals surface area (Å²) in [5.74, 6) is -0.281. The second kappa shape index (κ2) is 4.70. The Morgan fingerprint density at radius 3 is 3.21 bits per heavy atom. The fraction of sp³-hybridized carbons (Fsp3) is 0.231. The number of nitrogens with one attached hydrogen (secondary N) is 1. The van der Waals surface area contributed by atoms with Crippen LogP contribution in [0.1, 0.15) is 12.6 Å². The van der Waals surface area contributed by atoms with Gasteiger partial charge >= 0.3 is 5.97 Å². The van der Waals surface area contributed by atoms with Crippen LogP contribution < -0.4 is 0 Å². The van der Waals surface area contributed by atoms with Crippen molar-refractivity contribution in [1.29, 1.82) is 0 Å². The van der Waals surface area contributed by atoms with Gasteiger partial charge in [-0.2, -0.15) is 0 Å². The molecule has 3 aromatic rings. The highest BCUT2D eigenvalue weighted by molar-refractivity contribution is 9.10. The third kappa shape index (κ3) is 2.02. The molecule has 0 aliphatic carbocycles. The van der Waals surface area contributed by atoms with E-state index in [1.54, 1.807) is 13.1 Å². The van der Waals surface area contributed by atoms with Crippen molar-refractivity contribution >= 4 is 43.8 Å². The van der Waals surface area contributed by atoms with Crippen molar-refractivity contribution in [2.75, 3.05) is 6.61 Å². The van der Waals surface area contributed by atoms with E-state index in [-0.39, 0.29) is 12.4 Å². The number of benzene rings is 1. The summed E-state index contributed by atoms with van der Waals surface area (Å²) in [5.41, 5.74) is 2.25. The third-order valence-corrected chi connectivity index (χ3v) is 3.52. The van der Waals surface area contributed by atoms with E-state index in [0.29, 0.717) is 17.9 Å². The second-order valence-electron chi connectivity index (χ2n) is 4.10. The fourth-order valence-corrected chi connectivity index (χ4v) is 2.68. The summed E-state index contributed by atoms with van der Waals surface area (Å²) >= 11 is 3.45. The first-order chi connectivity index (χ1) is 9.20. The zero-order valence-corrected chi connectivity index (χ0v) is 11.8. The van der Waals surface area contributed by atoms with Gasteiger partial charge in [-0.1, -0.05) is 0 Å². The average Bonchev–Trinajstić information content (AvgIpc) is 2.96. The van der Waals surface area contributed by atoms with Crippen LogP contribution in [-0.4, -0.2) is 22.7 Å². The number of hydrogen-bond acceptors (Lipinski definition) is 4. The highest BCUT2D eigenvalue weighted by Crippen LogP contribution is 2.33. The Hall–Kier alpha value is -1.82. The zero-order chi connectivity index (χ0) is 13.4. The number of halogens is 1. The Balaban J connectivity index is 2.16. The Bertz CT molecular complexity index is 760. The molecule has 6 heteroatoms. The lowest BCUT2D eigenvalue weighted by Crippen LogP contribution is -2.07. The Labute approximate surface area is 117 Å². The standard InChI is InChI=1S/C13H11BrN2O3/c1-2-18-11(17)6-9-12-7-3-4-15-13(7)8(14)5-10(12)19-16-9/h3-5,16H,2,6H2,1H3. The van der Waals surface area contributed by atoms with Crippen molar-refractivity contribution in [1.82, 2.24) is 10.1 Å². The predicted octanol–water partition coefficient (Wildman–Crippen LogP) is 3.18. The van der Waals surface area contributed by atoms with E-state index >= 15 is 0 Å². The molecule has 0 unspecified atom stereocenters. The number of H-pyrrole nitrogens is 1. The number of carbonyl (C=O) groups is 1. The molecule has 2 heterocycles. The number of hydrogen-bond donors (Lipinski definition) is 1. The monoisotopic (exact) mass is 322 g/mol. The number of aromatic nitrogens is 2. The molecule has 19 heavy (non-hydrogen) atoms. The molecule has 0 saturated carbocycles. The molecule has 0 aliphatic rings. The van der Waals surface area contributed by atoms with Gasteiger partial charge in [-0.05, 0) is 28.9 Å². The molecule has 0 radical (unpaired) electrons. The molecule has 0 bridgehead atoms. The van der Waals surface area contributed by atoms with Crippen molar-refractivity contribution in [3.8, 4) is 0 Å². The summed E-state index contributed by atoms with van der Waals surface area (Å²) in [7, 11) is 0. The van der Waals surface area contributed by atoms with Gasteiger partial charge in [-0.25, -0.2) is 5.16 Å². The van der Waals surface area contributed by atoms with Crippen LogP contribution in [0.4, 0.5) is 0 Å². The highest BCUT2D eigenvalue weighted by atomic mass is 79.9. The van der Waals surface area contributed by atoms with Crippen molar-refractivity contribution in [2.45, 2.75) is 13.3 Å². The first-order valence-corrected chi connectivity index (χ1v) is 6.68. The summed E-state index contributed by atoms with van der Waals surface area (Å²) in [6, 6.07) is 3.75. The third-order valence-electron chi connectivity index (χ3n) is 2.91. The van der Waals surface area contributed by atoms with Gasteiger partial charge in [0.25, 0.3) is 0 Å². The van der Waals surface area contributed by atoms with Gasteiger partial charge < -0.3 is 9.26 Å². The number of aromatic amines is 1. The van der Waals surface area contributed by atoms with E-state index in [1.807, 2.05) is 12.1 Å². The maximum absolute atomic E-state index is 11.6. The molecule has 98 valence electrons. The van der Waals surface area contributed by atoms with E-state index in [9.17, 15) is 4.79 Å². The van der Waals surface area contributed by atoms with E-state index in [4.69, 9.17) is 9.26 Å². The van der Waals surface area contributed by atoms with Gasteiger partial charge in [0.1, 0.15) is 0 Å². The molecule has 0 amide bonds. The van der Waals surface area contributed by atoms with E-state index in [0.717, 1.165) is 20.8 Å². The van der Waals surface area contributed by atoms with Crippen LogP contribution in [-0.2, 0) is 16.0 Å². The normalized spacial score (nSPS) is 11.3. The number of rotatable bonds is 3. The molecule has 3 rings (SSSR count). The molecule has 5 nitrogen and oxygen atoms in total. The van der Waals surface area contributed by atoms with Crippen molar-refractivity contribution in [3.63, 3.8) is 0 Å². The number of nitrogens with zero attached hydrogens (tertiary/aromatic N) is 1. The lowest BCUT2D eigenvalue weighted by atomic mass is 10.1. The summed E-state index contributed by atoms with van der Waals surface area (Å²) in [6.45, 7) is 2.15. The van der Waals surface area contributed by atoms with Gasteiger partial charge in [0.15, 0.2) is 5.58 Å². The Kier molecular flexibility index (Phi) is 3.02. The maximum atomic E-state index is 11.6. The SMILES string of the molecule is CCOC(=O)Cc1[nH]oc2cc(Br)c3nccc3c12. The van der Waals surface area contributed by atoms with E-state index in [2.05, 4.69) is 26.1 Å². The highest BCUT2D eigenvalue weighted by Gasteiger charge is 2.16. The average molecular weight is 323 g/mol. The number of fused-ring (bicyclic) bond motifs is 3. The fourth-order valence-electron chi connectivity index (χ4n) is 2.16. The minimum absolute atomic E-state index is 0.156. The second-order valence-corrected chi connectivity index (χ2v) is 4.96. The molecule has 1 aromatic carbocycles. The predicted molar refractivity (Wildman–Crippen MR) is 73.9 cm³/mol. The molecule has 1 N–H and O–H groups in total. The summed E-state index contributed by atoms with van der Waals surface area (Å²) in [6.07, 6.45) is 1.89. The largest absolute Gasteiger partial charge is 0.466 e. The van der Waals surface area contributed by atoms with Gasteiger partial charge in [-0.15, -0.1) is 0 Å². The minimum Gasteiger partial charge on any atom is -0.466 e. The molecular formula is C13H11BrN2O3. The Morgan fingerprint density at radius 2 is 2.42 bits per heavy atom. The number of carbonyl (C=O) groups excluding carboxylic acids is 1. The van der Waals surface area contributed by atoms with E-state index in [1.165, 1.54) is 0 Å². The molecule has 0 saturated heterocycles. The summed E-state index contributed by atoms with van der Waals surface area (Å²) in [5, 5.41) is 4.62. The lowest BCUT2D eigenvalue weighted by Gasteiger charge is -2.00. The van der Waals surface area contributed by atoms with Crippen LogP contribution in [0.2, 0.25) is 0 Å². The molecule has 2 aromatic heterocycles. The molecule has 0 fully saturated rings. The number of esters is 1. The van der Waals surface area contributed by atoms with Crippen LogP contribution in [0.25, 0.3) is 21.9 Å². The minimum atomic E-state index is -0.281. The van der Waals surface area contributed by atoms with Crippen molar-refractivity contribution < 1.29 is 14.1 Å². The molecular weight excluding hydrogens is 312 g/mol. The van der Waals surface area contributed by atoms with Crippen LogP contribution >= 0.6 is 15.9 Å². The zero-order valence-electron chi connectivity index (χ0n) is 10.2. The summed E-state index contributed by atoms with van der Waals surface area (Å²) < 4.78 is 11.2. The van der Waals surface area contributed by atoms with Crippen molar-refractivity contribution in [3.05, 3.63) is 28.5 Å². The van der Waals surface area contributed by atoms with Crippen molar-refractivity contribution in [2.24, 2.45) is 0 Å². The maximum Gasteiger partial charge on any atom is 0.311 e. The van der Waals surface area contributed by atoms with Gasteiger partial charge in [0.2, 0.25) is 0 Å². The van der Waals surface area contributed by atoms with Crippen LogP contribution in [0.3, 0.4) is 0 Å². The number of ether oxygens (including phenoxy) is 1. The van der Waals surface area contributed by atoms with Crippen LogP contribution in [0.15, 0.2) is 27.3 Å². The van der Waals surface area contributed by atoms with E-state index < -0.39 is 0 Å². The topological polar surface area (TPSA) is 68.1 Å². The molecule has 0 spiro atoms. The Morgan fingerprint density at radius 1 is 1.58 bits per heavy atom. The first kappa shape index (κ1) is 12.2. The van der Waals surface area contributed by atoms with Gasteiger partial charge in [0, 0.05) is 22.1 Å². The van der Waals surface area contributed by atoms with Crippen LogP contribution in [0, 0.1) is 0 Å². The quantitative estimate of drug-likeness (QED) is 0.752. The smallest absolute Gasteiger partial charge is 0.311 e. The summed E-state index contributed by atoms with van der Waals surface area (Å²) in [4.78, 5) is 15.9. The molecule has 0 aliphatic heterocycles. The lowest BCUT2D eigenvalue weighted by molar-refractivity contribution is -0.142. The van der Waals surface area contributed by atoms with Gasteiger partial charge in [-0.3, -0.25) is 9.78 Å². The molecule has 0 atom stereocenters. The first-order valence-electron chi connectivity index (χ1n) is 5.89. The van der Waals surface area contributed by atoms with Gasteiger partial charge in [0.05, 0.1) is 29.6 Å². The van der Waals surface area contributed by atoms with Crippen LogP contribution in [0.5, 0.6) is 0 Å².